The molecule has 1 unspecified atom stereocenters. The van der Waals surface area contributed by atoms with Crippen LogP contribution in [0.25, 0.3) is 0 Å². The Morgan fingerprint density at radius 1 is 1.67 bits per heavy atom. The molecular formula is C10H12ClN3S. The van der Waals surface area contributed by atoms with Gasteiger partial charge in [0.15, 0.2) is 0 Å². The predicted molar refractivity (Wildman–Crippen MR) is 63.5 cm³/mol. The van der Waals surface area contributed by atoms with Crippen LogP contribution in [0.5, 0.6) is 0 Å². The van der Waals surface area contributed by atoms with Gasteiger partial charge in [0.25, 0.3) is 0 Å². The minimum Gasteiger partial charge on any atom is -0.328 e. The van der Waals surface area contributed by atoms with Gasteiger partial charge in [0.2, 0.25) is 0 Å². The summed E-state index contributed by atoms with van der Waals surface area (Å²) >= 11 is 7.54. The summed E-state index contributed by atoms with van der Waals surface area (Å²) in [6, 6.07) is 2.19. The number of hydrogen-bond acceptors (Lipinski definition) is 3. The van der Waals surface area contributed by atoms with E-state index in [1.165, 1.54) is 10.4 Å². The maximum atomic E-state index is 5.84. The monoisotopic (exact) mass is 241 g/mol. The molecule has 2 aromatic heterocycles. The summed E-state index contributed by atoms with van der Waals surface area (Å²) in [5.74, 6) is 0. The maximum absolute atomic E-state index is 5.84. The van der Waals surface area contributed by atoms with Crippen LogP contribution >= 0.6 is 22.9 Å². The molecule has 0 bridgehead atoms. The minimum atomic E-state index is 0.0949. The van der Waals surface area contributed by atoms with Crippen LogP contribution < -0.4 is 5.73 Å². The van der Waals surface area contributed by atoms with Crippen LogP contribution in [0.3, 0.4) is 0 Å². The van der Waals surface area contributed by atoms with Gasteiger partial charge in [0.1, 0.15) is 0 Å². The van der Waals surface area contributed by atoms with Crippen molar-refractivity contribution in [2.75, 3.05) is 6.54 Å². The number of nitrogens with zero attached hydrogens (tertiary/aromatic N) is 2. The molecule has 3 nitrogen and oxygen atoms in total. The number of halogens is 1. The van der Waals surface area contributed by atoms with Crippen LogP contribution in [-0.4, -0.2) is 16.3 Å². The van der Waals surface area contributed by atoms with Gasteiger partial charge < -0.3 is 5.73 Å². The third kappa shape index (κ3) is 2.07. The van der Waals surface area contributed by atoms with Crippen LogP contribution in [0.15, 0.2) is 23.8 Å². The molecular weight excluding hydrogens is 230 g/mol. The molecule has 0 amide bonds. The lowest BCUT2D eigenvalue weighted by molar-refractivity contribution is 0.538. The topological polar surface area (TPSA) is 43.8 Å². The van der Waals surface area contributed by atoms with Gasteiger partial charge in [-0.05, 0) is 23.9 Å². The Labute approximate surface area is 97.5 Å². The Kier molecular flexibility index (Phi) is 3.09. The minimum absolute atomic E-state index is 0.0949. The number of aromatic nitrogens is 2. The van der Waals surface area contributed by atoms with E-state index >= 15 is 0 Å². The molecule has 0 saturated carbocycles. The lowest BCUT2D eigenvalue weighted by Gasteiger charge is -2.14. The molecule has 0 fully saturated rings. The number of nitrogens with two attached hydrogens (primary N) is 1. The average Bonchev–Trinajstić information content (AvgIpc) is 2.79. The molecule has 5 heteroatoms. The van der Waals surface area contributed by atoms with E-state index < -0.39 is 0 Å². The molecule has 0 spiro atoms. The van der Waals surface area contributed by atoms with Crippen molar-refractivity contribution < 1.29 is 0 Å². The fourth-order valence-corrected chi connectivity index (χ4v) is 2.72. The molecule has 0 aliphatic carbocycles. The maximum Gasteiger partial charge on any atom is 0.0985 e. The standard InChI is InChI=1S/C10H12ClN3S/c1-7-2-3-15-10(7)9(4-12)14-6-8(11)5-13-14/h2-3,5-6,9H,4,12H2,1H3. The highest BCUT2D eigenvalue weighted by Gasteiger charge is 2.16. The zero-order valence-electron chi connectivity index (χ0n) is 8.35. The van der Waals surface area contributed by atoms with Gasteiger partial charge in [-0.1, -0.05) is 11.6 Å². The van der Waals surface area contributed by atoms with Crippen molar-refractivity contribution in [1.29, 1.82) is 0 Å². The zero-order chi connectivity index (χ0) is 10.8. The van der Waals surface area contributed by atoms with Crippen molar-refractivity contribution in [3.05, 3.63) is 39.3 Å². The lowest BCUT2D eigenvalue weighted by Crippen LogP contribution is -2.20. The highest BCUT2D eigenvalue weighted by atomic mass is 35.5. The van der Waals surface area contributed by atoms with Crippen molar-refractivity contribution in [2.24, 2.45) is 5.73 Å². The lowest BCUT2D eigenvalue weighted by atomic mass is 10.2. The van der Waals surface area contributed by atoms with Gasteiger partial charge >= 0.3 is 0 Å². The van der Waals surface area contributed by atoms with E-state index in [9.17, 15) is 0 Å². The van der Waals surface area contributed by atoms with E-state index in [2.05, 4.69) is 23.5 Å². The largest absolute Gasteiger partial charge is 0.328 e. The normalized spacial score (nSPS) is 13.0. The SMILES string of the molecule is Cc1ccsc1C(CN)n1cc(Cl)cn1. The number of aryl methyl sites for hydroxylation is 1. The number of rotatable bonds is 3. The summed E-state index contributed by atoms with van der Waals surface area (Å²) in [5.41, 5.74) is 7.03. The molecule has 0 aromatic carbocycles. The number of thiophene rings is 1. The van der Waals surface area contributed by atoms with Gasteiger partial charge in [-0.15, -0.1) is 11.3 Å². The second-order valence-electron chi connectivity index (χ2n) is 3.36. The summed E-state index contributed by atoms with van der Waals surface area (Å²) in [5, 5.41) is 6.90. The first-order valence-electron chi connectivity index (χ1n) is 4.66. The molecule has 1 atom stereocenters. The first-order valence-corrected chi connectivity index (χ1v) is 5.92. The fourth-order valence-electron chi connectivity index (χ4n) is 1.55. The molecule has 2 N–H and O–H groups in total. The molecule has 2 rings (SSSR count). The average molecular weight is 242 g/mol. The second-order valence-corrected chi connectivity index (χ2v) is 4.74. The smallest absolute Gasteiger partial charge is 0.0985 e. The van der Waals surface area contributed by atoms with Crippen molar-refractivity contribution in [3.8, 4) is 0 Å². The molecule has 2 aromatic rings. The van der Waals surface area contributed by atoms with E-state index in [1.54, 1.807) is 23.7 Å². The van der Waals surface area contributed by atoms with Crippen LogP contribution in [-0.2, 0) is 0 Å². The van der Waals surface area contributed by atoms with E-state index in [0.29, 0.717) is 11.6 Å². The molecule has 0 radical (unpaired) electrons. The van der Waals surface area contributed by atoms with Crippen LogP contribution in [0.4, 0.5) is 0 Å². The third-order valence-electron chi connectivity index (χ3n) is 2.32. The fraction of sp³-hybridized carbons (Fsp3) is 0.300. The summed E-state index contributed by atoms with van der Waals surface area (Å²) in [7, 11) is 0. The van der Waals surface area contributed by atoms with Crippen molar-refractivity contribution in [1.82, 2.24) is 9.78 Å². The van der Waals surface area contributed by atoms with Crippen molar-refractivity contribution in [3.63, 3.8) is 0 Å². The molecule has 0 saturated heterocycles. The van der Waals surface area contributed by atoms with E-state index in [-0.39, 0.29) is 6.04 Å². The Morgan fingerprint density at radius 2 is 2.47 bits per heavy atom. The number of hydrogen-bond donors (Lipinski definition) is 1. The van der Waals surface area contributed by atoms with E-state index in [1.807, 2.05) is 4.68 Å². The van der Waals surface area contributed by atoms with Gasteiger partial charge in [-0.3, -0.25) is 4.68 Å². The summed E-state index contributed by atoms with van der Waals surface area (Å²) in [4.78, 5) is 1.25. The second kappa shape index (κ2) is 4.35. The van der Waals surface area contributed by atoms with Gasteiger partial charge in [-0.25, -0.2) is 0 Å². The molecule has 80 valence electrons. The van der Waals surface area contributed by atoms with Crippen LogP contribution in [0.2, 0.25) is 5.02 Å². The van der Waals surface area contributed by atoms with E-state index in [0.717, 1.165) is 0 Å². The van der Waals surface area contributed by atoms with Crippen molar-refractivity contribution >= 4 is 22.9 Å². The highest BCUT2D eigenvalue weighted by molar-refractivity contribution is 7.10. The first kappa shape index (κ1) is 10.7. The quantitative estimate of drug-likeness (QED) is 0.897. The van der Waals surface area contributed by atoms with Crippen LogP contribution in [0, 0.1) is 6.92 Å². The van der Waals surface area contributed by atoms with Gasteiger partial charge in [0.05, 0.1) is 17.3 Å². The van der Waals surface area contributed by atoms with Gasteiger partial charge in [0, 0.05) is 17.6 Å². The first-order chi connectivity index (χ1) is 7.22. The molecule has 2 heterocycles. The Balaban J connectivity index is 2.36. The van der Waals surface area contributed by atoms with E-state index in [4.69, 9.17) is 17.3 Å². The molecule has 0 aliphatic heterocycles. The van der Waals surface area contributed by atoms with Crippen LogP contribution in [0.1, 0.15) is 16.5 Å². The molecule has 15 heavy (non-hydrogen) atoms. The summed E-state index contributed by atoms with van der Waals surface area (Å²) in [6.45, 7) is 2.61. The summed E-state index contributed by atoms with van der Waals surface area (Å²) < 4.78 is 1.82. The zero-order valence-corrected chi connectivity index (χ0v) is 9.92. The van der Waals surface area contributed by atoms with Gasteiger partial charge in [-0.2, -0.15) is 5.10 Å². The Bertz CT molecular complexity index is 449. The summed E-state index contributed by atoms with van der Waals surface area (Å²) in [6.07, 6.45) is 3.44. The van der Waals surface area contributed by atoms with Crippen molar-refractivity contribution in [2.45, 2.75) is 13.0 Å². The Hall–Kier alpha value is -0.840. The Morgan fingerprint density at radius 3 is 2.93 bits per heavy atom. The predicted octanol–water partition coefficient (Wildman–Crippen LogP) is 2.45. The highest BCUT2D eigenvalue weighted by Crippen LogP contribution is 2.26. The molecule has 0 aliphatic rings. The third-order valence-corrected chi connectivity index (χ3v) is 3.63.